The highest BCUT2D eigenvalue weighted by atomic mass is 35.5. The number of rotatable bonds is 5. The van der Waals surface area contributed by atoms with Crippen LogP contribution in [0.25, 0.3) is 5.69 Å². The Labute approximate surface area is 183 Å². The van der Waals surface area contributed by atoms with Crippen LogP contribution in [0.2, 0.25) is 5.02 Å². The van der Waals surface area contributed by atoms with E-state index in [-0.39, 0.29) is 0 Å². The number of fused-ring (bicyclic) bond motifs is 1. The van der Waals surface area contributed by atoms with E-state index < -0.39 is 0 Å². The Morgan fingerprint density at radius 2 is 2.10 bits per heavy atom. The van der Waals surface area contributed by atoms with Gasteiger partial charge in [0, 0.05) is 55.0 Å². The molecular formula is C22H19ClN8. The van der Waals surface area contributed by atoms with Gasteiger partial charge in [-0.25, -0.2) is 4.68 Å². The quantitative estimate of drug-likeness (QED) is 0.324. The first kappa shape index (κ1) is 19.1. The van der Waals surface area contributed by atoms with Gasteiger partial charge in [-0.1, -0.05) is 17.7 Å². The molecule has 0 saturated heterocycles. The van der Waals surface area contributed by atoms with Gasteiger partial charge in [-0.05, 0) is 29.8 Å². The maximum atomic E-state index is 7.50. The molecule has 2 aromatic heterocycles. The summed E-state index contributed by atoms with van der Waals surface area (Å²) in [5.41, 5.74) is 12.5. The Kier molecular flexibility index (Phi) is 4.56. The zero-order valence-corrected chi connectivity index (χ0v) is 17.4. The molecular weight excluding hydrogens is 412 g/mol. The molecule has 0 bridgehead atoms. The normalized spacial score (nSPS) is 12.5. The van der Waals surface area contributed by atoms with Crippen molar-refractivity contribution in [2.45, 2.75) is 6.42 Å². The number of nitrogens with one attached hydrogen (secondary N) is 2. The van der Waals surface area contributed by atoms with Gasteiger partial charge >= 0.3 is 0 Å². The summed E-state index contributed by atoms with van der Waals surface area (Å²) in [5.74, 6) is 0.627. The van der Waals surface area contributed by atoms with Crippen LogP contribution in [-0.2, 0) is 13.5 Å². The number of nitrogens with zero attached hydrogens (tertiary/aromatic N) is 5. The second-order valence-corrected chi connectivity index (χ2v) is 7.67. The number of hydrogen-bond donors (Lipinski definition) is 3. The molecule has 8 nitrogen and oxygen atoms in total. The van der Waals surface area contributed by atoms with Gasteiger partial charge in [0.05, 0.1) is 34.0 Å². The van der Waals surface area contributed by atoms with E-state index in [4.69, 9.17) is 27.7 Å². The number of hydrogen-bond acceptors (Lipinski definition) is 6. The van der Waals surface area contributed by atoms with E-state index in [1.54, 1.807) is 21.5 Å². The molecule has 0 atom stereocenters. The fourth-order valence-corrected chi connectivity index (χ4v) is 3.85. The highest BCUT2D eigenvalue weighted by molar-refractivity contribution is 6.36. The van der Waals surface area contributed by atoms with Crippen molar-refractivity contribution in [3.05, 3.63) is 76.7 Å². The molecule has 0 unspecified atom stereocenters. The minimum atomic E-state index is 0.388. The van der Waals surface area contributed by atoms with Crippen LogP contribution in [0.1, 0.15) is 16.7 Å². The van der Waals surface area contributed by atoms with Crippen LogP contribution in [0.3, 0.4) is 0 Å². The number of aromatic nitrogens is 4. The van der Waals surface area contributed by atoms with Gasteiger partial charge in [0.2, 0.25) is 0 Å². The number of nitrogens with two attached hydrogens (primary N) is 1. The first-order valence-corrected chi connectivity index (χ1v) is 10.0. The Morgan fingerprint density at radius 3 is 2.87 bits per heavy atom. The molecule has 0 fully saturated rings. The van der Waals surface area contributed by atoms with Crippen LogP contribution in [-0.4, -0.2) is 31.5 Å². The van der Waals surface area contributed by atoms with Crippen molar-refractivity contribution in [3.63, 3.8) is 0 Å². The van der Waals surface area contributed by atoms with Crippen molar-refractivity contribution in [2.24, 2.45) is 12.0 Å². The van der Waals surface area contributed by atoms with Crippen molar-refractivity contribution < 1.29 is 0 Å². The van der Waals surface area contributed by atoms with Gasteiger partial charge in [-0.3, -0.25) is 9.67 Å². The fraction of sp³-hybridized carbons (Fsp3) is 0.0909. The predicted octanol–water partition coefficient (Wildman–Crippen LogP) is 4.26. The van der Waals surface area contributed by atoms with Crippen molar-refractivity contribution >= 4 is 46.4 Å². The Morgan fingerprint density at radius 1 is 1.23 bits per heavy atom. The van der Waals surface area contributed by atoms with E-state index in [0.717, 1.165) is 35.3 Å². The fourth-order valence-electron chi connectivity index (χ4n) is 3.57. The van der Waals surface area contributed by atoms with E-state index in [1.807, 2.05) is 43.8 Å². The molecule has 1 aliphatic rings. The number of nitrogen functional groups attached to an aromatic ring is 1. The lowest BCUT2D eigenvalue weighted by atomic mass is 10.1. The Balaban J connectivity index is 1.40. The average molecular weight is 431 g/mol. The molecule has 31 heavy (non-hydrogen) atoms. The van der Waals surface area contributed by atoms with E-state index in [1.165, 1.54) is 5.56 Å². The Hall–Kier alpha value is -3.91. The maximum absolute atomic E-state index is 7.50. The minimum Gasteiger partial charge on any atom is -0.398 e. The average Bonchev–Trinajstić information content (AvgIpc) is 3.49. The lowest BCUT2D eigenvalue weighted by Gasteiger charge is -2.10. The maximum Gasteiger partial charge on any atom is 0.152 e. The molecule has 0 amide bonds. The third kappa shape index (κ3) is 3.47. The first-order valence-electron chi connectivity index (χ1n) is 9.63. The van der Waals surface area contributed by atoms with Gasteiger partial charge in [0.25, 0.3) is 0 Å². The summed E-state index contributed by atoms with van der Waals surface area (Å²) in [7, 11) is 1.90. The molecule has 1 aliphatic heterocycles. The molecule has 5 rings (SSSR count). The van der Waals surface area contributed by atoms with Gasteiger partial charge in [0.15, 0.2) is 5.82 Å². The van der Waals surface area contributed by atoms with Crippen molar-refractivity contribution in [2.75, 3.05) is 11.1 Å². The van der Waals surface area contributed by atoms with E-state index in [2.05, 4.69) is 21.6 Å². The summed E-state index contributed by atoms with van der Waals surface area (Å²) in [5, 5.41) is 19.9. The van der Waals surface area contributed by atoms with Crippen LogP contribution in [0.5, 0.6) is 0 Å². The SMILES string of the molecule is Cn1cc(C2=Nc3cc(-n4ccc(Nc5ccc(N)c(C=N)c5Cl)n4)ccc3C2)cn1. The Bertz CT molecular complexity index is 1350. The van der Waals surface area contributed by atoms with Gasteiger partial charge in [-0.2, -0.15) is 10.2 Å². The number of aryl methyl sites for hydroxylation is 1. The van der Waals surface area contributed by atoms with Crippen molar-refractivity contribution in [1.29, 1.82) is 5.41 Å². The number of halogens is 1. The summed E-state index contributed by atoms with van der Waals surface area (Å²) in [6.45, 7) is 0. The van der Waals surface area contributed by atoms with Crippen LogP contribution in [0.15, 0.2) is 60.0 Å². The van der Waals surface area contributed by atoms with Crippen LogP contribution < -0.4 is 11.1 Å². The smallest absolute Gasteiger partial charge is 0.152 e. The summed E-state index contributed by atoms with van der Waals surface area (Å²) < 4.78 is 3.56. The van der Waals surface area contributed by atoms with E-state index in [9.17, 15) is 0 Å². The summed E-state index contributed by atoms with van der Waals surface area (Å²) in [6.07, 6.45) is 7.62. The van der Waals surface area contributed by atoms with E-state index in [0.29, 0.717) is 27.8 Å². The second-order valence-electron chi connectivity index (χ2n) is 7.30. The summed E-state index contributed by atoms with van der Waals surface area (Å²) >= 11 is 6.37. The molecule has 154 valence electrons. The summed E-state index contributed by atoms with van der Waals surface area (Å²) in [4.78, 5) is 4.79. The highest BCUT2D eigenvalue weighted by Gasteiger charge is 2.18. The first-order chi connectivity index (χ1) is 15.0. The van der Waals surface area contributed by atoms with Crippen LogP contribution >= 0.6 is 11.6 Å². The van der Waals surface area contributed by atoms with Crippen LogP contribution in [0.4, 0.5) is 22.9 Å². The zero-order chi connectivity index (χ0) is 21.5. The molecule has 3 heterocycles. The molecule has 4 N–H and O–H groups in total. The number of aliphatic imine (C=N–C) groups is 1. The third-order valence-electron chi connectivity index (χ3n) is 5.19. The lowest BCUT2D eigenvalue weighted by Crippen LogP contribution is -2.00. The third-order valence-corrected chi connectivity index (χ3v) is 5.60. The largest absolute Gasteiger partial charge is 0.398 e. The topological polar surface area (TPSA) is 110 Å². The van der Waals surface area contributed by atoms with Crippen molar-refractivity contribution in [3.8, 4) is 5.69 Å². The van der Waals surface area contributed by atoms with Gasteiger partial charge in [0.1, 0.15) is 0 Å². The molecule has 0 saturated carbocycles. The van der Waals surface area contributed by atoms with Crippen molar-refractivity contribution in [1.82, 2.24) is 19.6 Å². The van der Waals surface area contributed by atoms with Gasteiger partial charge < -0.3 is 16.5 Å². The molecule has 0 aliphatic carbocycles. The predicted molar refractivity (Wildman–Crippen MR) is 124 cm³/mol. The second kappa shape index (κ2) is 7.41. The van der Waals surface area contributed by atoms with Crippen LogP contribution in [0, 0.1) is 5.41 Å². The minimum absolute atomic E-state index is 0.388. The molecule has 2 aromatic carbocycles. The zero-order valence-electron chi connectivity index (χ0n) is 16.7. The van der Waals surface area contributed by atoms with E-state index >= 15 is 0 Å². The molecule has 0 spiro atoms. The molecule has 9 heteroatoms. The monoisotopic (exact) mass is 430 g/mol. The highest BCUT2D eigenvalue weighted by Crippen LogP contribution is 2.33. The lowest BCUT2D eigenvalue weighted by molar-refractivity contribution is 0.767. The standard InChI is InChI=1S/C22H19ClN8/c1-30-12-14(11-26-30)19-8-13-2-3-15(9-20(13)27-19)31-7-6-21(29-31)28-18-5-4-17(25)16(10-24)22(18)23/h2-7,9-12,24H,8,25H2,1H3,(H,28,29). The molecule has 0 radical (unpaired) electrons. The van der Waals surface area contributed by atoms with Gasteiger partial charge in [-0.15, -0.1) is 0 Å². The number of anilines is 3. The number of benzene rings is 2. The summed E-state index contributed by atoms with van der Waals surface area (Å²) in [6, 6.07) is 11.5. The molecule has 4 aromatic rings.